The monoisotopic (exact) mass is 643 g/mol. The number of nitrogens with one attached hydrogen (secondary N) is 1. The number of para-hydroxylation sites is 1. The molecule has 0 saturated heterocycles. The number of carbonyl (C=O) groups is 1. The van der Waals surface area contributed by atoms with E-state index in [0.29, 0.717) is 35.1 Å². The molecular weight excluding hydrogens is 622 g/mol. The van der Waals surface area contributed by atoms with E-state index in [4.69, 9.17) is 19.8 Å². The Morgan fingerprint density at radius 2 is 2.15 bits per heavy atom. The van der Waals surface area contributed by atoms with E-state index in [2.05, 4.69) is 52.1 Å². The molecule has 2 aromatic carbocycles. The third kappa shape index (κ3) is 6.46. The van der Waals surface area contributed by atoms with E-state index in [0.717, 1.165) is 26.7 Å². The van der Waals surface area contributed by atoms with Gasteiger partial charge >= 0.3 is 0 Å². The number of halogens is 1. The number of nitrogens with zero attached hydrogens (tertiary/aromatic N) is 7. The van der Waals surface area contributed by atoms with Crippen molar-refractivity contribution in [1.29, 1.82) is 0 Å². The zero-order valence-corrected chi connectivity index (χ0v) is 24.2. The molecule has 0 bridgehead atoms. The summed E-state index contributed by atoms with van der Waals surface area (Å²) in [4.78, 5) is 17.6. The van der Waals surface area contributed by atoms with Crippen LogP contribution >= 0.6 is 39.5 Å². The highest BCUT2D eigenvalue weighted by atomic mass is 79.9. The van der Waals surface area contributed by atoms with Crippen LogP contribution in [0.1, 0.15) is 27.3 Å². The molecule has 16 heteroatoms. The molecule has 206 valence electrons. The number of thioether (sulfide) groups is 2. The first-order valence-corrected chi connectivity index (χ1v) is 14.5. The Morgan fingerprint density at radius 1 is 1.30 bits per heavy atom. The third-order valence-corrected chi connectivity index (χ3v) is 8.25. The average Bonchev–Trinajstić information content (AvgIpc) is 3.73. The standard InChI is InChI=1S/C24H22BrN9O4S2/c1-36-18-4-2-3-15(20(18)37-12-14-5-7-16(25)8-6-14)11-28-30-23(35)19-17(13-40-24-27-9-10-39-24)34(33-29-19)22-21(26)31-38-32-22/h2-8,11H,9-10,12-13H2,1H3,(H2,26,31)(H,30,35)/b28-11-. The summed E-state index contributed by atoms with van der Waals surface area (Å²) in [5, 5.41) is 19.6. The van der Waals surface area contributed by atoms with Crippen LogP contribution in [0, 0.1) is 0 Å². The molecule has 0 saturated carbocycles. The molecule has 1 aliphatic rings. The lowest BCUT2D eigenvalue weighted by Gasteiger charge is -2.13. The van der Waals surface area contributed by atoms with Gasteiger partial charge in [-0.1, -0.05) is 62.9 Å². The number of anilines is 1. The molecule has 40 heavy (non-hydrogen) atoms. The molecule has 4 aromatic rings. The van der Waals surface area contributed by atoms with Gasteiger partial charge < -0.3 is 15.2 Å². The van der Waals surface area contributed by atoms with Gasteiger partial charge in [0.25, 0.3) is 5.91 Å². The molecule has 3 heterocycles. The first-order valence-electron chi connectivity index (χ1n) is 11.7. The fraction of sp³-hybridized carbons (Fsp3) is 0.208. The molecular formula is C24H22BrN9O4S2. The minimum absolute atomic E-state index is 0.0161. The molecule has 0 atom stereocenters. The van der Waals surface area contributed by atoms with Crippen molar-refractivity contribution in [3.8, 4) is 17.3 Å². The normalized spacial score (nSPS) is 13.0. The smallest absolute Gasteiger partial charge is 0.293 e. The van der Waals surface area contributed by atoms with Crippen LogP contribution in [-0.4, -0.2) is 61.2 Å². The quantitative estimate of drug-likeness (QED) is 0.191. The number of ether oxygens (including phenoxy) is 2. The van der Waals surface area contributed by atoms with Crippen molar-refractivity contribution in [3.63, 3.8) is 0 Å². The molecule has 0 aliphatic carbocycles. The highest BCUT2D eigenvalue weighted by Gasteiger charge is 2.25. The maximum atomic E-state index is 13.1. The van der Waals surface area contributed by atoms with Crippen molar-refractivity contribution in [2.45, 2.75) is 12.4 Å². The van der Waals surface area contributed by atoms with Crippen LogP contribution in [0.5, 0.6) is 11.5 Å². The Hall–Kier alpha value is -3.89. The number of aliphatic imine (C=N–C) groups is 1. The minimum Gasteiger partial charge on any atom is -0.493 e. The van der Waals surface area contributed by atoms with Crippen molar-refractivity contribution in [2.24, 2.45) is 10.1 Å². The number of hydrazone groups is 1. The van der Waals surface area contributed by atoms with Gasteiger partial charge in [0.1, 0.15) is 11.0 Å². The van der Waals surface area contributed by atoms with Gasteiger partial charge in [-0.2, -0.15) is 9.78 Å². The van der Waals surface area contributed by atoms with Crippen LogP contribution in [0.15, 0.2) is 61.7 Å². The van der Waals surface area contributed by atoms with Crippen molar-refractivity contribution in [3.05, 3.63) is 69.5 Å². The minimum atomic E-state index is -0.575. The van der Waals surface area contributed by atoms with Gasteiger partial charge in [0.15, 0.2) is 17.2 Å². The summed E-state index contributed by atoms with van der Waals surface area (Å²) in [7, 11) is 1.56. The second-order valence-electron chi connectivity index (χ2n) is 8.05. The zero-order valence-electron chi connectivity index (χ0n) is 21.0. The number of nitrogens with two attached hydrogens (primary N) is 1. The van der Waals surface area contributed by atoms with E-state index in [1.807, 2.05) is 24.3 Å². The number of amides is 1. The molecule has 13 nitrogen and oxygen atoms in total. The Balaban J connectivity index is 1.33. The molecule has 1 amide bonds. The highest BCUT2D eigenvalue weighted by Crippen LogP contribution is 2.31. The van der Waals surface area contributed by atoms with Gasteiger partial charge in [-0.05, 0) is 40.1 Å². The second kappa shape index (κ2) is 13.0. The maximum absolute atomic E-state index is 13.1. The molecule has 2 aromatic heterocycles. The molecule has 3 N–H and O–H groups in total. The van der Waals surface area contributed by atoms with Gasteiger partial charge in [0.2, 0.25) is 11.6 Å². The van der Waals surface area contributed by atoms with Crippen LogP contribution in [0.25, 0.3) is 5.82 Å². The van der Waals surface area contributed by atoms with Crippen LogP contribution in [0.4, 0.5) is 5.82 Å². The van der Waals surface area contributed by atoms with E-state index < -0.39 is 5.91 Å². The number of nitrogen functional groups attached to an aromatic ring is 1. The van der Waals surface area contributed by atoms with E-state index >= 15 is 0 Å². The van der Waals surface area contributed by atoms with Crippen molar-refractivity contribution < 1.29 is 18.9 Å². The fourth-order valence-corrected chi connectivity index (χ4v) is 5.81. The first kappa shape index (κ1) is 27.7. The molecule has 0 spiro atoms. The maximum Gasteiger partial charge on any atom is 0.293 e. The molecule has 0 fully saturated rings. The SMILES string of the molecule is COc1cccc(/C=N\NC(=O)c2nnn(-c3nonc3N)c2CSC2=NCCS2)c1OCc1ccc(Br)cc1. The Labute approximate surface area is 245 Å². The lowest BCUT2D eigenvalue weighted by Crippen LogP contribution is -2.20. The molecule has 0 unspecified atom stereocenters. The number of benzene rings is 2. The number of rotatable bonds is 10. The topological polar surface area (TPSA) is 168 Å². The predicted molar refractivity (Wildman–Crippen MR) is 156 cm³/mol. The van der Waals surface area contributed by atoms with E-state index in [1.165, 1.54) is 22.7 Å². The van der Waals surface area contributed by atoms with E-state index in [-0.39, 0.29) is 17.3 Å². The molecule has 5 rings (SSSR count). The lowest BCUT2D eigenvalue weighted by atomic mass is 10.2. The van der Waals surface area contributed by atoms with Crippen LogP contribution < -0.4 is 20.6 Å². The van der Waals surface area contributed by atoms with Gasteiger partial charge in [-0.15, -0.1) is 5.10 Å². The second-order valence-corrected chi connectivity index (χ2v) is 11.3. The summed E-state index contributed by atoms with van der Waals surface area (Å²) in [6, 6.07) is 13.2. The van der Waals surface area contributed by atoms with Crippen molar-refractivity contribution in [2.75, 3.05) is 25.1 Å². The largest absolute Gasteiger partial charge is 0.493 e. The third-order valence-electron chi connectivity index (χ3n) is 5.46. The molecule has 0 radical (unpaired) electrons. The van der Waals surface area contributed by atoms with Gasteiger partial charge in [0.05, 0.1) is 25.6 Å². The Morgan fingerprint density at radius 3 is 2.88 bits per heavy atom. The summed E-state index contributed by atoms with van der Waals surface area (Å²) in [5.74, 6) is 1.84. The van der Waals surface area contributed by atoms with Gasteiger partial charge in [-0.25, -0.2) is 10.1 Å². The number of aromatic nitrogens is 5. The summed E-state index contributed by atoms with van der Waals surface area (Å²) in [5.41, 5.74) is 10.4. The Bertz CT molecular complexity index is 1560. The predicted octanol–water partition coefficient (Wildman–Crippen LogP) is 3.68. The number of carbonyl (C=O) groups excluding carboxylic acids is 1. The van der Waals surface area contributed by atoms with Crippen molar-refractivity contribution >= 4 is 61.8 Å². The number of methoxy groups -OCH3 is 1. The van der Waals surface area contributed by atoms with Gasteiger partial charge in [-0.3, -0.25) is 9.79 Å². The lowest BCUT2D eigenvalue weighted by molar-refractivity contribution is 0.0949. The number of hydrogen-bond acceptors (Lipinski definition) is 13. The zero-order chi connectivity index (χ0) is 27.9. The van der Waals surface area contributed by atoms with Crippen LogP contribution in [-0.2, 0) is 12.4 Å². The summed E-state index contributed by atoms with van der Waals surface area (Å²) >= 11 is 6.54. The summed E-state index contributed by atoms with van der Waals surface area (Å²) in [6.45, 7) is 1.07. The summed E-state index contributed by atoms with van der Waals surface area (Å²) in [6.07, 6.45) is 1.47. The summed E-state index contributed by atoms with van der Waals surface area (Å²) < 4.78 is 19.5. The highest BCUT2D eigenvalue weighted by molar-refractivity contribution is 9.10. The van der Waals surface area contributed by atoms with Gasteiger partial charge in [0, 0.05) is 21.5 Å². The first-order chi connectivity index (χ1) is 19.5. The molecule has 1 aliphatic heterocycles. The van der Waals surface area contributed by atoms with E-state index in [9.17, 15) is 4.79 Å². The van der Waals surface area contributed by atoms with Crippen molar-refractivity contribution in [1.82, 2.24) is 30.7 Å². The fourth-order valence-electron chi connectivity index (χ4n) is 3.55. The number of hydrogen-bond donors (Lipinski definition) is 2. The Kier molecular flexibility index (Phi) is 8.98. The van der Waals surface area contributed by atoms with Crippen LogP contribution in [0.2, 0.25) is 0 Å². The van der Waals surface area contributed by atoms with E-state index in [1.54, 1.807) is 37.1 Å². The van der Waals surface area contributed by atoms with Crippen LogP contribution in [0.3, 0.4) is 0 Å². The average molecular weight is 645 g/mol.